The van der Waals surface area contributed by atoms with Gasteiger partial charge in [-0.2, -0.15) is 0 Å². The van der Waals surface area contributed by atoms with E-state index in [1.807, 2.05) is 0 Å². The molecule has 1 amide bonds. The molecule has 0 bridgehead atoms. The third kappa shape index (κ3) is 5.94. The van der Waals surface area contributed by atoms with Gasteiger partial charge in [0.15, 0.2) is 0 Å². The van der Waals surface area contributed by atoms with Crippen molar-refractivity contribution in [2.75, 3.05) is 40.3 Å². The molecule has 0 aromatic rings. The smallest absolute Gasteiger partial charge is 0.236 e. The second-order valence-electron chi connectivity index (χ2n) is 3.71. The van der Waals surface area contributed by atoms with Crippen LogP contribution in [0.4, 0.5) is 0 Å². The molecular weight excluding hydrogens is 178 g/mol. The van der Waals surface area contributed by atoms with Crippen molar-refractivity contribution in [1.82, 2.24) is 9.80 Å². The first-order valence-electron chi connectivity index (χ1n) is 5.24. The van der Waals surface area contributed by atoms with Crippen molar-refractivity contribution in [2.45, 2.75) is 19.8 Å². The van der Waals surface area contributed by atoms with Gasteiger partial charge in [0.25, 0.3) is 0 Å². The Morgan fingerprint density at radius 3 is 2.36 bits per heavy atom. The number of carbonyl (C=O) groups excluding carboxylic acids is 1. The zero-order valence-electron chi connectivity index (χ0n) is 9.62. The van der Waals surface area contributed by atoms with Gasteiger partial charge in [0.05, 0.1) is 6.54 Å². The van der Waals surface area contributed by atoms with Gasteiger partial charge in [-0.3, -0.25) is 9.69 Å². The van der Waals surface area contributed by atoms with Gasteiger partial charge in [0.2, 0.25) is 5.91 Å². The van der Waals surface area contributed by atoms with Crippen LogP contribution in [0.25, 0.3) is 0 Å². The van der Waals surface area contributed by atoms with Gasteiger partial charge in [-0.1, -0.05) is 13.3 Å². The summed E-state index contributed by atoms with van der Waals surface area (Å²) in [6.07, 6.45) is 2.28. The van der Waals surface area contributed by atoms with E-state index in [0.717, 1.165) is 25.9 Å². The Labute approximate surface area is 87.0 Å². The number of unbranched alkanes of at least 4 members (excludes halogenated alkanes) is 1. The quantitative estimate of drug-likeness (QED) is 0.637. The summed E-state index contributed by atoms with van der Waals surface area (Å²) < 4.78 is 0. The van der Waals surface area contributed by atoms with Crippen LogP contribution in [0.3, 0.4) is 0 Å². The van der Waals surface area contributed by atoms with Crippen LogP contribution in [0.2, 0.25) is 0 Å². The number of hydrogen-bond acceptors (Lipinski definition) is 3. The van der Waals surface area contributed by atoms with Crippen molar-refractivity contribution in [3.05, 3.63) is 0 Å². The molecule has 4 nitrogen and oxygen atoms in total. The maximum Gasteiger partial charge on any atom is 0.236 e. The summed E-state index contributed by atoms with van der Waals surface area (Å²) in [7, 11) is 3.56. The van der Waals surface area contributed by atoms with E-state index in [-0.39, 0.29) is 5.91 Å². The molecule has 14 heavy (non-hydrogen) atoms. The minimum absolute atomic E-state index is 0.148. The van der Waals surface area contributed by atoms with Crippen molar-refractivity contribution >= 4 is 5.91 Å². The van der Waals surface area contributed by atoms with Crippen molar-refractivity contribution in [2.24, 2.45) is 5.73 Å². The molecule has 0 radical (unpaired) electrons. The van der Waals surface area contributed by atoms with Crippen LogP contribution < -0.4 is 5.73 Å². The lowest BCUT2D eigenvalue weighted by molar-refractivity contribution is -0.129. The zero-order valence-corrected chi connectivity index (χ0v) is 9.62. The maximum atomic E-state index is 11.4. The molecule has 0 spiro atoms. The third-order valence-electron chi connectivity index (χ3n) is 2.13. The molecule has 0 aromatic carbocycles. The highest BCUT2D eigenvalue weighted by Gasteiger charge is 2.10. The average molecular weight is 201 g/mol. The Bertz CT molecular complexity index is 159. The first-order chi connectivity index (χ1) is 6.61. The van der Waals surface area contributed by atoms with E-state index in [1.165, 1.54) is 0 Å². The number of hydrogen-bond donors (Lipinski definition) is 1. The molecule has 4 heteroatoms. The van der Waals surface area contributed by atoms with Gasteiger partial charge < -0.3 is 10.6 Å². The Morgan fingerprint density at radius 2 is 1.93 bits per heavy atom. The number of carbonyl (C=O) groups is 1. The van der Waals surface area contributed by atoms with E-state index in [2.05, 4.69) is 11.8 Å². The summed E-state index contributed by atoms with van der Waals surface area (Å²) in [6, 6.07) is 0. The molecule has 0 aliphatic heterocycles. The Hall–Kier alpha value is -0.610. The summed E-state index contributed by atoms with van der Waals surface area (Å²) in [5.74, 6) is 0.148. The molecule has 0 heterocycles. The van der Waals surface area contributed by atoms with Gasteiger partial charge in [0.1, 0.15) is 0 Å². The molecule has 0 aliphatic carbocycles. The standard InChI is InChI=1S/C10H23N3O/c1-4-5-7-13(8-6-11)9-10(14)12(2)3/h4-9,11H2,1-3H3. The van der Waals surface area contributed by atoms with Crippen molar-refractivity contribution in [1.29, 1.82) is 0 Å². The van der Waals surface area contributed by atoms with Crippen molar-refractivity contribution in [3.8, 4) is 0 Å². The summed E-state index contributed by atoms with van der Waals surface area (Å²) in [6.45, 7) is 5.02. The fraction of sp³-hybridized carbons (Fsp3) is 0.900. The molecule has 84 valence electrons. The number of amides is 1. The number of nitrogens with two attached hydrogens (primary N) is 1. The highest BCUT2D eigenvalue weighted by molar-refractivity contribution is 5.77. The fourth-order valence-electron chi connectivity index (χ4n) is 1.17. The van der Waals surface area contributed by atoms with E-state index in [4.69, 9.17) is 5.73 Å². The fourth-order valence-corrected chi connectivity index (χ4v) is 1.17. The SMILES string of the molecule is CCCCN(CCN)CC(=O)N(C)C. The lowest BCUT2D eigenvalue weighted by Crippen LogP contribution is -2.39. The monoisotopic (exact) mass is 201 g/mol. The molecule has 0 saturated heterocycles. The first kappa shape index (κ1) is 13.4. The van der Waals surface area contributed by atoms with E-state index >= 15 is 0 Å². The molecule has 0 atom stereocenters. The Kier molecular flexibility index (Phi) is 7.42. The summed E-state index contributed by atoms with van der Waals surface area (Å²) in [5.41, 5.74) is 5.49. The highest BCUT2D eigenvalue weighted by Crippen LogP contribution is 1.95. The van der Waals surface area contributed by atoms with Gasteiger partial charge in [-0.15, -0.1) is 0 Å². The third-order valence-corrected chi connectivity index (χ3v) is 2.13. The lowest BCUT2D eigenvalue weighted by Gasteiger charge is -2.22. The van der Waals surface area contributed by atoms with Gasteiger partial charge in [-0.25, -0.2) is 0 Å². The van der Waals surface area contributed by atoms with Crippen LogP contribution in [-0.2, 0) is 4.79 Å². The molecule has 0 fully saturated rings. The van der Waals surface area contributed by atoms with Crippen molar-refractivity contribution in [3.63, 3.8) is 0 Å². The number of likely N-dealkylation sites (N-methyl/N-ethyl adjacent to an activating group) is 1. The van der Waals surface area contributed by atoms with E-state index in [0.29, 0.717) is 13.1 Å². The maximum absolute atomic E-state index is 11.4. The minimum atomic E-state index is 0.148. The van der Waals surface area contributed by atoms with E-state index in [9.17, 15) is 4.79 Å². The van der Waals surface area contributed by atoms with Crippen LogP contribution in [0, 0.1) is 0 Å². The zero-order chi connectivity index (χ0) is 11.0. The molecule has 0 rings (SSSR count). The minimum Gasteiger partial charge on any atom is -0.348 e. The number of nitrogens with zero attached hydrogens (tertiary/aromatic N) is 2. The molecule has 0 aromatic heterocycles. The lowest BCUT2D eigenvalue weighted by atomic mass is 10.3. The molecule has 2 N–H and O–H groups in total. The molecule has 0 saturated carbocycles. The summed E-state index contributed by atoms with van der Waals surface area (Å²) in [4.78, 5) is 15.2. The van der Waals surface area contributed by atoms with Crippen LogP contribution >= 0.6 is 0 Å². The normalized spacial score (nSPS) is 10.6. The summed E-state index contributed by atoms with van der Waals surface area (Å²) in [5, 5.41) is 0. The highest BCUT2D eigenvalue weighted by atomic mass is 16.2. The number of rotatable bonds is 7. The van der Waals surface area contributed by atoms with E-state index < -0.39 is 0 Å². The van der Waals surface area contributed by atoms with E-state index in [1.54, 1.807) is 19.0 Å². The predicted octanol–water partition coefficient (Wildman–Crippen LogP) is 0.135. The second kappa shape index (κ2) is 7.76. The molecule has 0 unspecified atom stereocenters. The summed E-state index contributed by atoms with van der Waals surface area (Å²) >= 11 is 0. The van der Waals surface area contributed by atoms with Crippen molar-refractivity contribution < 1.29 is 4.79 Å². The van der Waals surface area contributed by atoms with Crippen LogP contribution in [0.1, 0.15) is 19.8 Å². The second-order valence-corrected chi connectivity index (χ2v) is 3.71. The molecular formula is C10H23N3O. The van der Waals surface area contributed by atoms with Gasteiger partial charge >= 0.3 is 0 Å². The van der Waals surface area contributed by atoms with Crippen LogP contribution in [0.5, 0.6) is 0 Å². The Morgan fingerprint density at radius 1 is 1.29 bits per heavy atom. The molecule has 0 aliphatic rings. The van der Waals surface area contributed by atoms with Crippen LogP contribution in [0.15, 0.2) is 0 Å². The van der Waals surface area contributed by atoms with Crippen LogP contribution in [-0.4, -0.2) is 56.0 Å². The van der Waals surface area contributed by atoms with Gasteiger partial charge in [-0.05, 0) is 13.0 Å². The van der Waals surface area contributed by atoms with Gasteiger partial charge in [0, 0.05) is 27.2 Å². The first-order valence-corrected chi connectivity index (χ1v) is 5.24. The largest absolute Gasteiger partial charge is 0.348 e. The predicted molar refractivity (Wildman–Crippen MR) is 59.1 cm³/mol. The topological polar surface area (TPSA) is 49.6 Å². The average Bonchev–Trinajstić information content (AvgIpc) is 2.14. The Balaban J connectivity index is 3.88.